The van der Waals surface area contributed by atoms with E-state index >= 15 is 0 Å². The minimum absolute atomic E-state index is 0.924. The van der Waals surface area contributed by atoms with Gasteiger partial charge < -0.3 is 9.13 Å². The fraction of sp³-hybridized carbons (Fsp3) is 0.0278. The molecule has 0 saturated carbocycles. The molecule has 194 valence electrons. The van der Waals surface area contributed by atoms with E-state index in [0.717, 1.165) is 61.7 Å². The van der Waals surface area contributed by atoms with Gasteiger partial charge in [0.1, 0.15) is 5.82 Å². The summed E-state index contributed by atoms with van der Waals surface area (Å²) in [6, 6.07) is 42.2. The lowest BCUT2D eigenvalue weighted by atomic mass is 10.0. The minimum Gasteiger partial charge on any atom is -0.327 e. The molecule has 4 aromatic heterocycles. The fourth-order valence-electron chi connectivity index (χ4n) is 5.89. The van der Waals surface area contributed by atoms with Crippen LogP contribution in [0, 0.1) is 0 Å². The SMILES string of the molecule is Cn1c(-c2ccc3c4ccccc4n(-c4cc(-c5ccccn5)cc(-c5ccccn5)c4)c3c2)nc2ccccc21. The molecule has 4 heterocycles. The van der Waals surface area contributed by atoms with Crippen LogP contribution in [0.15, 0.2) is 134 Å². The summed E-state index contributed by atoms with van der Waals surface area (Å²) in [6.07, 6.45) is 3.68. The molecule has 8 rings (SSSR count). The van der Waals surface area contributed by atoms with E-state index in [-0.39, 0.29) is 0 Å². The van der Waals surface area contributed by atoms with Crippen molar-refractivity contribution < 1.29 is 0 Å². The smallest absolute Gasteiger partial charge is 0.140 e. The van der Waals surface area contributed by atoms with E-state index in [4.69, 9.17) is 4.98 Å². The zero-order valence-electron chi connectivity index (χ0n) is 22.4. The third-order valence-electron chi connectivity index (χ3n) is 7.82. The maximum atomic E-state index is 4.99. The summed E-state index contributed by atoms with van der Waals surface area (Å²) in [5.74, 6) is 0.946. The highest BCUT2D eigenvalue weighted by molar-refractivity contribution is 6.10. The van der Waals surface area contributed by atoms with E-state index < -0.39 is 0 Å². The van der Waals surface area contributed by atoms with Gasteiger partial charge >= 0.3 is 0 Å². The predicted octanol–water partition coefficient (Wildman–Crippen LogP) is 8.46. The summed E-state index contributed by atoms with van der Waals surface area (Å²) in [6.45, 7) is 0. The van der Waals surface area contributed by atoms with Gasteiger partial charge in [0.25, 0.3) is 0 Å². The van der Waals surface area contributed by atoms with Crippen molar-refractivity contribution in [3.8, 4) is 39.6 Å². The second-order valence-corrected chi connectivity index (χ2v) is 10.3. The Balaban J connectivity index is 1.42. The number of para-hydroxylation sites is 3. The van der Waals surface area contributed by atoms with E-state index in [1.54, 1.807) is 0 Å². The highest BCUT2D eigenvalue weighted by Gasteiger charge is 2.17. The second-order valence-electron chi connectivity index (χ2n) is 10.3. The summed E-state index contributed by atoms with van der Waals surface area (Å²) in [7, 11) is 2.08. The van der Waals surface area contributed by atoms with Crippen LogP contribution in [0.1, 0.15) is 0 Å². The van der Waals surface area contributed by atoms with Crippen LogP contribution in [-0.2, 0) is 7.05 Å². The number of fused-ring (bicyclic) bond motifs is 4. The Labute approximate surface area is 237 Å². The molecule has 4 aromatic carbocycles. The number of imidazole rings is 1. The second kappa shape index (κ2) is 9.28. The molecule has 0 bridgehead atoms. The first kappa shape index (κ1) is 23.3. The molecular weight excluding hydrogens is 502 g/mol. The largest absolute Gasteiger partial charge is 0.327 e. The van der Waals surface area contributed by atoms with Crippen molar-refractivity contribution in [3.05, 3.63) is 134 Å². The van der Waals surface area contributed by atoms with Gasteiger partial charge in [0.05, 0.1) is 33.5 Å². The lowest BCUT2D eigenvalue weighted by Crippen LogP contribution is -1.98. The van der Waals surface area contributed by atoms with Crippen molar-refractivity contribution in [3.63, 3.8) is 0 Å². The molecule has 0 unspecified atom stereocenters. The molecule has 0 radical (unpaired) electrons. The Morgan fingerprint density at radius 2 is 1.15 bits per heavy atom. The van der Waals surface area contributed by atoms with Crippen molar-refractivity contribution in [2.24, 2.45) is 7.05 Å². The number of nitrogens with zero attached hydrogens (tertiary/aromatic N) is 5. The minimum atomic E-state index is 0.924. The number of aromatic nitrogens is 5. The van der Waals surface area contributed by atoms with Crippen molar-refractivity contribution >= 4 is 32.8 Å². The maximum absolute atomic E-state index is 4.99. The molecule has 0 amide bonds. The molecule has 0 N–H and O–H groups in total. The number of pyridine rings is 2. The lowest BCUT2D eigenvalue weighted by molar-refractivity contribution is 0.959. The Bertz CT molecular complexity index is 2150. The van der Waals surface area contributed by atoms with Gasteiger partial charge in [0.2, 0.25) is 0 Å². The monoisotopic (exact) mass is 527 g/mol. The Morgan fingerprint density at radius 1 is 0.512 bits per heavy atom. The molecule has 0 aliphatic heterocycles. The van der Waals surface area contributed by atoms with Crippen molar-refractivity contribution in [2.45, 2.75) is 0 Å². The zero-order valence-corrected chi connectivity index (χ0v) is 22.4. The number of hydrogen-bond donors (Lipinski definition) is 0. The summed E-state index contributed by atoms with van der Waals surface area (Å²) in [5, 5.41) is 2.41. The summed E-state index contributed by atoms with van der Waals surface area (Å²) < 4.78 is 4.53. The van der Waals surface area contributed by atoms with E-state index in [0.29, 0.717) is 0 Å². The molecule has 0 fully saturated rings. The van der Waals surface area contributed by atoms with Gasteiger partial charge in [-0.1, -0.05) is 54.6 Å². The first-order chi connectivity index (χ1) is 20.2. The van der Waals surface area contributed by atoms with Crippen LogP contribution in [0.4, 0.5) is 0 Å². The Morgan fingerprint density at radius 3 is 1.83 bits per heavy atom. The van der Waals surface area contributed by atoms with Crippen LogP contribution < -0.4 is 0 Å². The van der Waals surface area contributed by atoms with Gasteiger partial charge in [0, 0.05) is 52.6 Å². The highest BCUT2D eigenvalue weighted by atomic mass is 15.1. The highest BCUT2D eigenvalue weighted by Crippen LogP contribution is 2.37. The van der Waals surface area contributed by atoms with E-state index in [2.05, 4.69) is 117 Å². The standard InChI is InChI=1S/C36H25N5/c1-40-34-15-5-3-13-32(34)39-36(40)24-16-17-29-28-10-2-4-14-33(28)41(35(29)23-24)27-21-25(30-11-6-8-18-37-30)20-26(22-27)31-12-7-9-19-38-31/h2-23H,1H3. The van der Waals surface area contributed by atoms with E-state index in [1.165, 1.54) is 10.8 Å². The normalized spacial score (nSPS) is 11.5. The number of benzene rings is 4. The average molecular weight is 528 g/mol. The van der Waals surface area contributed by atoms with Crippen molar-refractivity contribution in [1.29, 1.82) is 0 Å². The van der Waals surface area contributed by atoms with Gasteiger partial charge in [-0.2, -0.15) is 0 Å². The first-order valence-corrected chi connectivity index (χ1v) is 13.7. The molecule has 0 atom stereocenters. The van der Waals surface area contributed by atoms with E-state index in [1.807, 2.05) is 42.7 Å². The van der Waals surface area contributed by atoms with Crippen LogP contribution in [0.5, 0.6) is 0 Å². The topological polar surface area (TPSA) is 48.5 Å². The van der Waals surface area contributed by atoms with Crippen LogP contribution in [0.2, 0.25) is 0 Å². The third kappa shape index (κ3) is 3.82. The number of rotatable bonds is 4. The number of hydrogen-bond acceptors (Lipinski definition) is 3. The molecule has 0 spiro atoms. The predicted molar refractivity (Wildman–Crippen MR) is 167 cm³/mol. The van der Waals surface area contributed by atoms with E-state index in [9.17, 15) is 0 Å². The molecule has 0 aliphatic carbocycles. The van der Waals surface area contributed by atoms with Crippen molar-refractivity contribution in [2.75, 3.05) is 0 Å². The third-order valence-corrected chi connectivity index (χ3v) is 7.82. The molecule has 0 aliphatic rings. The summed E-state index contributed by atoms with van der Waals surface area (Å²) in [5.41, 5.74) is 10.5. The molecule has 8 aromatic rings. The van der Waals surface area contributed by atoms with Crippen LogP contribution in [0.3, 0.4) is 0 Å². The number of aryl methyl sites for hydroxylation is 1. The molecule has 5 heteroatoms. The van der Waals surface area contributed by atoms with Crippen LogP contribution in [-0.4, -0.2) is 24.1 Å². The maximum Gasteiger partial charge on any atom is 0.140 e. The van der Waals surface area contributed by atoms with Gasteiger partial charge in [-0.25, -0.2) is 4.98 Å². The fourth-order valence-corrected chi connectivity index (χ4v) is 5.89. The van der Waals surface area contributed by atoms with Crippen molar-refractivity contribution in [1.82, 2.24) is 24.1 Å². The Kier molecular flexibility index (Phi) is 5.28. The summed E-state index contributed by atoms with van der Waals surface area (Å²) in [4.78, 5) is 14.3. The van der Waals surface area contributed by atoms with Gasteiger partial charge in [-0.15, -0.1) is 0 Å². The first-order valence-electron chi connectivity index (χ1n) is 13.7. The van der Waals surface area contributed by atoms with Crippen LogP contribution >= 0.6 is 0 Å². The molecular formula is C36H25N5. The Hall–Kier alpha value is -5.55. The van der Waals surface area contributed by atoms with Gasteiger partial charge in [-0.3, -0.25) is 9.97 Å². The molecule has 0 saturated heterocycles. The zero-order chi connectivity index (χ0) is 27.3. The quantitative estimate of drug-likeness (QED) is 0.231. The average Bonchev–Trinajstić information content (AvgIpc) is 3.56. The molecule has 5 nitrogen and oxygen atoms in total. The summed E-state index contributed by atoms with van der Waals surface area (Å²) >= 11 is 0. The molecule has 41 heavy (non-hydrogen) atoms. The van der Waals surface area contributed by atoms with Crippen LogP contribution in [0.25, 0.3) is 72.4 Å². The van der Waals surface area contributed by atoms with Gasteiger partial charge in [0.15, 0.2) is 0 Å². The van der Waals surface area contributed by atoms with Gasteiger partial charge in [-0.05, 0) is 66.7 Å². The lowest BCUT2D eigenvalue weighted by Gasteiger charge is -2.13.